The predicted octanol–water partition coefficient (Wildman–Crippen LogP) is 4.33. The lowest BCUT2D eigenvalue weighted by molar-refractivity contribution is 0.192. The number of aromatic nitrogens is 3. The van der Waals surface area contributed by atoms with Crippen LogP contribution < -0.4 is 14.8 Å². The minimum atomic E-state index is -0.127. The van der Waals surface area contributed by atoms with Crippen molar-refractivity contribution in [1.29, 1.82) is 0 Å². The Labute approximate surface area is 175 Å². The third-order valence-corrected chi connectivity index (χ3v) is 5.12. The Balaban J connectivity index is 1.33. The minimum absolute atomic E-state index is 0.127. The summed E-state index contributed by atoms with van der Waals surface area (Å²) in [6.07, 6.45) is 3.58. The summed E-state index contributed by atoms with van der Waals surface area (Å²) in [5.74, 6) is 2.13. The van der Waals surface area contributed by atoms with E-state index in [1.807, 2.05) is 36.1 Å². The number of ether oxygens (including phenoxy) is 2. The van der Waals surface area contributed by atoms with E-state index < -0.39 is 0 Å². The molecular weight excluding hydrogens is 382 g/mol. The van der Waals surface area contributed by atoms with Gasteiger partial charge < -0.3 is 19.7 Å². The second-order valence-electron chi connectivity index (χ2n) is 7.35. The van der Waals surface area contributed by atoms with Gasteiger partial charge in [-0.3, -0.25) is 5.10 Å². The second kappa shape index (κ2) is 8.86. The molecule has 2 amide bonds. The summed E-state index contributed by atoms with van der Waals surface area (Å²) < 4.78 is 10.9. The Morgan fingerprint density at radius 3 is 2.67 bits per heavy atom. The van der Waals surface area contributed by atoms with Gasteiger partial charge in [-0.15, -0.1) is 0 Å². The lowest BCUT2D eigenvalue weighted by Crippen LogP contribution is -2.41. The maximum atomic E-state index is 12.7. The first-order chi connectivity index (χ1) is 14.6. The predicted molar refractivity (Wildman–Crippen MR) is 113 cm³/mol. The fraction of sp³-hybridized carbons (Fsp3) is 0.318. The van der Waals surface area contributed by atoms with Crippen molar-refractivity contribution in [1.82, 2.24) is 20.1 Å². The summed E-state index contributed by atoms with van der Waals surface area (Å²) in [4.78, 5) is 18.8. The molecule has 1 saturated heterocycles. The van der Waals surface area contributed by atoms with Crippen molar-refractivity contribution in [3.8, 4) is 17.4 Å². The van der Waals surface area contributed by atoms with Crippen LogP contribution >= 0.6 is 0 Å². The molecule has 1 aliphatic rings. The lowest BCUT2D eigenvalue weighted by atomic mass is 9.95. The molecule has 8 heteroatoms. The van der Waals surface area contributed by atoms with Gasteiger partial charge in [-0.05, 0) is 56.2 Å². The Hall–Kier alpha value is -3.55. The average molecular weight is 407 g/mol. The number of hydrogen-bond acceptors (Lipinski definition) is 5. The van der Waals surface area contributed by atoms with Crippen molar-refractivity contribution in [2.24, 2.45) is 0 Å². The van der Waals surface area contributed by atoms with Gasteiger partial charge in [0.25, 0.3) is 0 Å². The monoisotopic (exact) mass is 407 g/mol. The molecule has 3 aromatic rings. The van der Waals surface area contributed by atoms with Crippen LogP contribution in [0, 0.1) is 6.92 Å². The van der Waals surface area contributed by atoms with Gasteiger partial charge in [0.05, 0.1) is 24.7 Å². The van der Waals surface area contributed by atoms with Crippen LogP contribution in [0.4, 0.5) is 10.5 Å². The fourth-order valence-electron chi connectivity index (χ4n) is 3.53. The highest BCUT2D eigenvalue weighted by molar-refractivity contribution is 5.89. The molecule has 2 N–H and O–H groups in total. The number of carbonyl (C=O) groups excluding carboxylic acids is 1. The number of benzene rings is 1. The van der Waals surface area contributed by atoms with Crippen LogP contribution in [0.25, 0.3) is 0 Å². The van der Waals surface area contributed by atoms with Crippen molar-refractivity contribution >= 4 is 11.7 Å². The average Bonchev–Trinajstić information content (AvgIpc) is 3.22. The quantitative estimate of drug-likeness (QED) is 0.657. The van der Waals surface area contributed by atoms with E-state index in [0.29, 0.717) is 23.9 Å². The Morgan fingerprint density at radius 2 is 2.00 bits per heavy atom. The van der Waals surface area contributed by atoms with Gasteiger partial charge in [0.1, 0.15) is 11.5 Å². The van der Waals surface area contributed by atoms with E-state index in [1.54, 1.807) is 25.4 Å². The number of urea groups is 1. The van der Waals surface area contributed by atoms with Gasteiger partial charge >= 0.3 is 6.03 Å². The Bertz CT molecular complexity index is 985. The van der Waals surface area contributed by atoms with Crippen LogP contribution in [0.3, 0.4) is 0 Å². The molecule has 0 radical (unpaired) electrons. The van der Waals surface area contributed by atoms with Crippen molar-refractivity contribution in [2.75, 3.05) is 25.5 Å². The highest BCUT2D eigenvalue weighted by atomic mass is 16.5. The lowest BCUT2D eigenvalue weighted by Gasteiger charge is -2.32. The van der Waals surface area contributed by atoms with Crippen molar-refractivity contribution < 1.29 is 14.3 Å². The zero-order valence-electron chi connectivity index (χ0n) is 17.1. The standard InChI is InChI=1S/C22H25N5O3/c1-15-12-20(26-25-15)16-4-3-11-27(14-16)22(28)24-17-5-10-21(23-13-17)30-19-8-6-18(29-2)7-9-19/h5-10,12-13,16H,3-4,11,14H2,1-2H3,(H,24,28)(H,25,26). The van der Waals surface area contributed by atoms with E-state index in [0.717, 1.165) is 36.5 Å². The molecule has 0 aliphatic carbocycles. The number of carbonyl (C=O) groups is 1. The number of aromatic amines is 1. The van der Waals surface area contributed by atoms with Crippen LogP contribution in [0.2, 0.25) is 0 Å². The van der Waals surface area contributed by atoms with E-state index in [4.69, 9.17) is 9.47 Å². The molecule has 1 aliphatic heterocycles. The number of rotatable bonds is 5. The number of methoxy groups -OCH3 is 1. The highest BCUT2D eigenvalue weighted by Crippen LogP contribution is 2.27. The molecule has 0 spiro atoms. The number of anilines is 1. The van der Waals surface area contributed by atoms with Crippen molar-refractivity contribution in [3.05, 3.63) is 60.0 Å². The largest absolute Gasteiger partial charge is 0.497 e. The zero-order chi connectivity index (χ0) is 20.9. The number of likely N-dealkylation sites (tertiary alicyclic amines) is 1. The van der Waals surface area contributed by atoms with Gasteiger partial charge in [-0.2, -0.15) is 5.10 Å². The highest BCUT2D eigenvalue weighted by Gasteiger charge is 2.26. The van der Waals surface area contributed by atoms with E-state index in [2.05, 4.69) is 26.6 Å². The van der Waals surface area contributed by atoms with Crippen LogP contribution in [-0.4, -0.2) is 46.3 Å². The summed E-state index contributed by atoms with van der Waals surface area (Å²) in [5.41, 5.74) is 2.68. The van der Waals surface area contributed by atoms with Crippen LogP contribution in [-0.2, 0) is 0 Å². The fourth-order valence-corrected chi connectivity index (χ4v) is 3.53. The molecule has 30 heavy (non-hydrogen) atoms. The van der Waals surface area contributed by atoms with Gasteiger partial charge in [0, 0.05) is 30.8 Å². The second-order valence-corrected chi connectivity index (χ2v) is 7.35. The molecule has 3 heterocycles. The Morgan fingerprint density at radius 1 is 1.20 bits per heavy atom. The van der Waals surface area contributed by atoms with Crippen LogP contribution in [0.15, 0.2) is 48.7 Å². The van der Waals surface area contributed by atoms with E-state index in [9.17, 15) is 4.79 Å². The molecule has 1 aromatic carbocycles. The number of piperidine rings is 1. The van der Waals surface area contributed by atoms with Gasteiger partial charge in [0.15, 0.2) is 0 Å². The third-order valence-electron chi connectivity index (χ3n) is 5.12. The minimum Gasteiger partial charge on any atom is -0.497 e. The molecular formula is C22H25N5O3. The summed E-state index contributed by atoms with van der Waals surface area (Å²) in [7, 11) is 1.62. The Kier molecular flexibility index (Phi) is 5.83. The SMILES string of the molecule is COc1ccc(Oc2ccc(NC(=O)N3CCCC(c4cc(C)[nH]n4)C3)cn2)cc1. The summed E-state index contributed by atoms with van der Waals surface area (Å²) >= 11 is 0. The smallest absolute Gasteiger partial charge is 0.321 e. The maximum absolute atomic E-state index is 12.7. The number of nitrogens with one attached hydrogen (secondary N) is 2. The molecule has 8 nitrogen and oxygen atoms in total. The summed E-state index contributed by atoms with van der Waals surface area (Å²) in [6, 6.07) is 12.7. The van der Waals surface area contributed by atoms with Crippen LogP contribution in [0.5, 0.6) is 17.4 Å². The first-order valence-corrected chi connectivity index (χ1v) is 9.96. The zero-order valence-corrected chi connectivity index (χ0v) is 17.1. The van der Waals surface area contributed by atoms with Gasteiger partial charge in [-0.25, -0.2) is 9.78 Å². The molecule has 1 atom stereocenters. The topological polar surface area (TPSA) is 92.4 Å². The van der Waals surface area contributed by atoms with Gasteiger partial charge in [0.2, 0.25) is 5.88 Å². The molecule has 4 rings (SSSR count). The normalized spacial score (nSPS) is 16.2. The molecule has 0 bridgehead atoms. The molecule has 1 fully saturated rings. The van der Waals surface area contributed by atoms with E-state index >= 15 is 0 Å². The summed E-state index contributed by atoms with van der Waals surface area (Å²) in [5, 5.41) is 10.3. The van der Waals surface area contributed by atoms with Crippen molar-refractivity contribution in [2.45, 2.75) is 25.7 Å². The molecule has 2 aromatic heterocycles. The van der Waals surface area contributed by atoms with E-state index in [1.165, 1.54) is 0 Å². The first kappa shape index (κ1) is 19.8. The molecule has 1 unspecified atom stereocenters. The summed E-state index contributed by atoms with van der Waals surface area (Å²) in [6.45, 7) is 3.37. The number of nitrogens with zero attached hydrogens (tertiary/aromatic N) is 3. The van der Waals surface area contributed by atoms with Crippen molar-refractivity contribution in [3.63, 3.8) is 0 Å². The molecule has 0 saturated carbocycles. The number of pyridine rings is 1. The number of aryl methyl sites for hydroxylation is 1. The van der Waals surface area contributed by atoms with Crippen LogP contribution in [0.1, 0.15) is 30.1 Å². The number of hydrogen-bond donors (Lipinski definition) is 2. The number of amides is 2. The van der Waals surface area contributed by atoms with E-state index in [-0.39, 0.29) is 11.9 Å². The number of H-pyrrole nitrogens is 1. The van der Waals surface area contributed by atoms with Gasteiger partial charge in [-0.1, -0.05) is 0 Å². The maximum Gasteiger partial charge on any atom is 0.321 e. The first-order valence-electron chi connectivity index (χ1n) is 9.96. The molecule has 156 valence electrons. The third kappa shape index (κ3) is 4.71.